The first kappa shape index (κ1) is 177. The summed E-state index contributed by atoms with van der Waals surface area (Å²) in [6.45, 7) is 0. The summed E-state index contributed by atoms with van der Waals surface area (Å²) < 4.78 is 0. The summed E-state index contributed by atoms with van der Waals surface area (Å²) in [5, 5.41) is 0. The first-order chi connectivity index (χ1) is 0. The Hall–Kier alpha value is 2.21. The van der Waals surface area contributed by atoms with Crippen molar-refractivity contribution >= 4 is 75.8 Å². The van der Waals surface area contributed by atoms with E-state index in [9.17, 15) is 0 Å². The monoisotopic (exact) mass is 272 g/mol. The minimum atomic E-state index is 0. The second-order valence-electron chi connectivity index (χ2n) is 0. The van der Waals surface area contributed by atoms with Gasteiger partial charge >= 0.3 is 75.8 Å². The summed E-state index contributed by atoms with van der Waals surface area (Å²) >= 11 is 0. The molecule has 0 unspecified atom stereocenters. The molecule has 0 saturated heterocycles. The van der Waals surface area contributed by atoms with Crippen molar-refractivity contribution in [3.8, 4) is 0 Å². The van der Waals surface area contributed by atoms with Gasteiger partial charge < -0.3 is 32.9 Å². The first-order valence-corrected chi connectivity index (χ1v) is 0. The normalized spacial score (nSPS) is 0. The van der Waals surface area contributed by atoms with Crippen molar-refractivity contribution in [1.82, 2.24) is 0 Å². The van der Waals surface area contributed by atoms with Crippen LogP contribution in [0.25, 0.3) is 0 Å². The van der Waals surface area contributed by atoms with E-state index in [4.69, 9.17) is 0 Å². The van der Waals surface area contributed by atoms with Crippen molar-refractivity contribution < 1.29 is 32.9 Å². The average Bonchev–Trinajstić information content (AvgIpc) is 0. The molecule has 0 aromatic heterocycles. The molecule has 8 heavy (non-hydrogen) atoms. The van der Waals surface area contributed by atoms with Crippen LogP contribution >= 0.6 is 0 Å². The van der Waals surface area contributed by atoms with Gasteiger partial charge in [-0.3, -0.25) is 0 Å². The predicted molar refractivity (Wildman–Crippen MR) is 38.8 cm³/mol. The summed E-state index contributed by atoms with van der Waals surface area (Å²) in [4.78, 5) is 0. The molecule has 0 heterocycles. The van der Waals surface area contributed by atoms with Crippen molar-refractivity contribution in [2.24, 2.45) is 0 Å². The van der Waals surface area contributed by atoms with Gasteiger partial charge in [-0.1, -0.05) is 0 Å². The third-order valence-electron chi connectivity index (χ3n) is 0. The molecule has 12 N–H and O–H groups in total. The Morgan fingerprint density at radius 2 is 0.375 bits per heavy atom. The van der Waals surface area contributed by atoms with Crippen LogP contribution in [-0.4, -0.2) is 109 Å². The molecule has 0 fully saturated rings. The van der Waals surface area contributed by atoms with Gasteiger partial charge in [-0.2, -0.15) is 0 Å². The molecule has 0 rings (SSSR count). The van der Waals surface area contributed by atoms with E-state index in [1.807, 2.05) is 0 Å². The fourth-order valence-electron chi connectivity index (χ4n) is 0. The molecular formula is H16KO6Sb. The van der Waals surface area contributed by atoms with Crippen LogP contribution in [0, 0.1) is 0 Å². The van der Waals surface area contributed by atoms with Crippen LogP contribution in [0.15, 0.2) is 0 Å². The van der Waals surface area contributed by atoms with Gasteiger partial charge in [-0.15, -0.1) is 0 Å². The van der Waals surface area contributed by atoms with E-state index in [2.05, 4.69) is 0 Å². The standard InChI is InChI=1S/K.6H2O.Sb.4H/h;6*1H2;;;;;. The minimum absolute atomic E-state index is 0. The van der Waals surface area contributed by atoms with Gasteiger partial charge in [0, 0.05) is 0 Å². The van der Waals surface area contributed by atoms with Gasteiger partial charge in [0.15, 0.2) is 0 Å². The molecular weight excluding hydrogens is 257 g/mol. The van der Waals surface area contributed by atoms with E-state index in [1.54, 1.807) is 0 Å². The summed E-state index contributed by atoms with van der Waals surface area (Å²) in [6, 6.07) is 0. The van der Waals surface area contributed by atoms with Crippen molar-refractivity contribution in [2.75, 3.05) is 0 Å². The van der Waals surface area contributed by atoms with Crippen LogP contribution in [0.3, 0.4) is 0 Å². The quantitative estimate of drug-likeness (QED) is 0.379. The van der Waals surface area contributed by atoms with Gasteiger partial charge in [-0.05, 0) is 0 Å². The average molecular weight is 273 g/mol. The van der Waals surface area contributed by atoms with E-state index in [0.29, 0.717) is 0 Å². The first-order valence-electron chi connectivity index (χ1n) is 0. The molecule has 0 bridgehead atoms. The van der Waals surface area contributed by atoms with Crippen molar-refractivity contribution in [1.29, 1.82) is 0 Å². The SMILES string of the molecule is O.O.O.O.O.O.[KH].[SbH3]. The van der Waals surface area contributed by atoms with Crippen LogP contribution in [0.1, 0.15) is 0 Å². The Balaban J connectivity index is 0. The van der Waals surface area contributed by atoms with E-state index in [1.165, 1.54) is 0 Å². The Labute approximate surface area is 107 Å². The number of hydrogen-bond acceptors (Lipinski definition) is 0. The predicted octanol–water partition coefficient (Wildman–Crippen LogP) is -6.78. The zero-order chi connectivity index (χ0) is 0. The van der Waals surface area contributed by atoms with Gasteiger partial charge in [-0.25, -0.2) is 0 Å². The third-order valence-corrected chi connectivity index (χ3v) is 0. The van der Waals surface area contributed by atoms with E-state index >= 15 is 0 Å². The molecule has 0 aliphatic carbocycles. The maximum atomic E-state index is 0. The molecule has 0 aromatic carbocycles. The van der Waals surface area contributed by atoms with Crippen LogP contribution in [0.5, 0.6) is 0 Å². The van der Waals surface area contributed by atoms with E-state index in [-0.39, 0.29) is 109 Å². The fraction of sp³-hybridized carbons (Fsp3) is 0. The number of rotatable bonds is 0. The Kier molecular flexibility index (Phi) is 2800. The molecule has 58 valence electrons. The van der Waals surface area contributed by atoms with Crippen LogP contribution in [0.2, 0.25) is 0 Å². The molecule has 0 amide bonds. The molecule has 0 aromatic rings. The molecule has 0 atom stereocenters. The topological polar surface area (TPSA) is 189 Å². The van der Waals surface area contributed by atoms with Crippen LogP contribution in [-0.2, 0) is 0 Å². The summed E-state index contributed by atoms with van der Waals surface area (Å²) in [6.07, 6.45) is 0. The molecule has 6 nitrogen and oxygen atoms in total. The van der Waals surface area contributed by atoms with E-state index in [0.717, 1.165) is 0 Å². The molecule has 0 saturated carbocycles. The van der Waals surface area contributed by atoms with Crippen LogP contribution < -0.4 is 0 Å². The number of hydrogen-bond donors (Lipinski definition) is 0. The molecule has 8 heteroatoms. The summed E-state index contributed by atoms with van der Waals surface area (Å²) in [7, 11) is 0. The molecule has 0 aliphatic rings. The summed E-state index contributed by atoms with van der Waals surface area (Å²) in [5.74, 6) is 0. The van der Waals surface area contributed by atoms with Crippen LogP contribution in [0.4, 0.5) is 0 Å². The molecule has 0 aliphatic heterocycles. The van der Waals surface area contributed by atoms with Crippen molar-refractivity contribution in [2.45, 2.75) is 0 Å². The molecule has 0 radical (unpaired) electrons. The van der Waals surface area contributed by atoms with Gasteiger partial charge in [0.05, 0.1) is 0 Å². The maximum absolute atomic E-state index is 0. The zero-order valence-corrected chi connectivity index (χ0v) is 7.74. The fourth-order valence-corrected chi connectivity index (χ4v) is 0. The summed E-state index contributed by atoms with van der Waals surface area (Å²) in [5.41, 5.74) is 0. The molecule has 0 spiro atoms. The van der Waals surface area contributed by atoms with Crippen molar-refractivity contribution in [3.05, 3.63) is 0 Å². The van der Waals surface area contributed by atoms with Gasteiger partial charge in [0.1, 0.15) is 0 Å². The van der Waals surface area contributed by atoms with E-state index < -0.39 is 0 Å². The van der Waals surface area contributed by atoms with Gasteiger partial charge in [0.2, 0.25) is 0 Å². The third kappa shape index (κ3) is 87.2. The zero-order valence-electron chi connectivity index (χ0n) is 3.71. The van der Waals surface area contributed by atoms with Gasteiger partial charge in [0.25, 0.3) is 0 Å². The second kappa shape index (κ2) is 127. The Morgan fingerprint density at radius 3 is 0.375 bits per heavy atom. The second-order valence-corrected chi connectivity index (χ2v) is 0. The Morgan fingerprint density at radius 1 is 0.375 bits per heavy atom. The Bertz CT molecular complexity index is 8.49. The van der Waals surface area contributed by atoms with Crippen molar-refractivity contribution in [3.63, 3.8) is 0 Å².